The molecular weight excluding hydrogens is 182 g/mol. The summed E-state index contributed by atoms with van der Waals surface area (Å²) >= 11 is 0. The van der Waals surface area contributed by atoms with Crippen molar-refractivity contribution >= 4 is 5.97 Å². The molecule has 0 fully saturated rings. The summed E-state index contributed by atoms with van der Waals surface area (Å²) in [5.74, 6) is -0.214. The fourth-order valence-corrected chi connectivity index (χ4v) is 0.898. The number of nitriles is 1. The fourth-order valence-electron chi connectivity index (χ4n) is 0.898. The average Bonchev–Trinajstić information content (AvgIpc) is 2.19. The van der Waals surface area contributed by atoms with Crippen molar-refractivity contribution in [1.82, 2.24) is 10.6 Å². The normalized spacial score (nSPS) is 8.43. The highest BCUT2D eigenvalue weighted by Crippen LogP contribution is 1.99. The minimum atomic E-state index is -0.635. The van der Waals surface area contributed by atoms with Crippen LogP contribution in [0.15, 0.2) is 11.4 Å². The van der Waals surface area contributed by atoms with E-state index in [1.807, 2.05) is 13.8 Å². The van der Waals surface area contributed by atoms with Gasteiger partial charge in [0.1, 0.15) is 11.9 Å². The molecule has 0 aliphatic rings. The SMILES string of the molecule is CCNC(NCC)=C(C#N)C(=O)OC. The van der Waals surface area contributed by atoms with E-state index in [1.54, 1.807) is 6.07 Å². The van der Waals surface area contributed by atoms with Crippen LogP contribution in [0, 0.1) is 11.3 Å². The smallest absolute Gasteiger partial charge is 0.352 e. The molecule has 5 heteroatoms. The second kappa shape index (κ2) is 6.78. The molecule has 78 valence electrons. The maximum absolute atomic E-state index is 11.2. The Kier molecular flexibility index (Phi) is 5.95. The first-order valence-corrected chi connectivity index (χ1v) is 4.41. The number of ether oxygens (including phenoxy) is 1. The van der Waals surface area contributed by atoms with Crippen LogP contribution in [0.3, 0.4) is 0 Å². The number of hydrogen-bond donors (Lipinski definition) is 2. The first kappa shape index (κ1) is 12.3. The average molecular weight is 197 g/mol. The minimum absolute atomic E-state index is 0.0313. The second-order valence-electron chi connectivity index (χ2n) is 2.41. The molecule has 0 aromatic heterocycles. The molecule has 0 spiro atoms. The van der Waals surface area contributed by atoms with Gasteiger partial charge in [-0.15, -0.1) is 0 Å². The van der Waals surface area contributed by atoms with Crippen LogP contribution in [0.25, 0.3) is 0 Å². The molecule has 0 aliphatic heterocycles. The third-order valence-electron chi connectivity index (χ3n) is 1.46. The molecule has 0 saturated heterocycles. The first-order valence-electron chi connectivity index (χ1n) is 4.41. The van der Waals surface area contributed by atoms with Crippen molar-refractivity contribution in [3.63, 3.8) is 0 Å². The topological polar surface area (TPSA) is 74.1 Å². The predicted octanol–water partition coefficient (Wildman–Crippen LogP) is 0.114. The Labute approximate surface area is 83.7 Å². The number of esters is 1. The maximum Gasteiger partial charge on any atom is 0.352 e. The van der Waals surface area contributed by atoms with E-state index in [9.17, 15) is 4.79 Å². The van der Waals surface area contributed by atoms with Crippen LogP contribution in [0.5, 0.6) is 0 Å². The Hall–Kier alpha value is -1.70. The van der Waals surface area contributed by atoms with Crippen molar-refractivity contribution in [1.29, 1.82) is 5.26 Å². The minimum Gasteiger partial charge on any atom is -0.465 e. The summed E-state index contributed by atoms with van der Waals surface area (Å²) in [5.41, 5.74) is -0.0313. The molecule has 0 atom stereocenters. The van der Waals surface area contributed by atoms with E-state index in [0.29, 0.717) is 18.9 Å². The van der Waals surface area contributed by atoms with Crippen LogP contribution in [0.1, 0.15) is 13.8 Å². The maximum atomic E-state index is 11.2. The Balaban J connectivity index is 4.89. The van der Waals surface area contributed by atoms with E-state index in [0.717, 1.165) is 0 Å². The lowest BCUT2D eigenvalue weighted by atomic mass is 10.3. The summed E-state index contributed by atoms with van der Waals surface area (Å²) in [7, 11) is 1.25. The van der Waals surface area contributed by atoms with Crippen molar-refractivity contribution in [2.45, 2.75) is 13.8 Å². The van der Waals surface area contributed by atoms with E-state index in [4.69, 9.17) is 5.26 Å². The van der Waals surface area contributed by atoms with Gasteiger partial charge in [-0.05, 0) is 13.8 Å². The lowest BCUT2D eigenvalue weighted by Crippen LogP contribution is -2.29. The third-order valence-corrected chi connectivity index (χ3v) is 1.46. The van der Waals surface area contributed by atoms with Crippen molar-refractivity contribution in [2.75, 3.05) is 20.2 Å². The monoisotopic (exact) mass is 197 g/mol. The van der Waals surface area contributed by atoms with Crippen LogP contribution < -0.4 is 10.6 Å². The molecule has 0 rings (SSSR count). The number of rotatable bonds is 5. The number of methoxy groups -OCH3 is 1. The highest BCUT2D eigenvalue weighted by molar-refractivity contribution is 5.93. The zero-order valence-electron chi connectivity index (χ0n) is 8.68. The second-order valence-corrected chi connectivity index (χ2v) is 2.41. The van der Waals surface area contributed by atoms with Gasteiger partial charge in [0.2, 0.25) is 0 Å². The standard InChI is InChI=1S/C9H15N3O2/c1-4-11-8(12-5-2)7(6-10)9(13)14-3/h11-12H,4-5H2,1-3H3. The zero-order chi connectivity index (χ0) is 11.0. The van der Waals surface area contributed by atoms with Crippen molar-refractivity contribution in [3.05, 3.63) is 11.4 Å². The van der Waals surface area contributed by atoms with Crippen LogP contribution in [-0.4, -0.2) is 26.2 Å². The Morgan fingerprint density at radius 2 is 1.86 bits per heavy atom. The zero-order valence-corrected chi connectivity index (χ0v) is 8.68. The third kappa shape index (κ3) is 3.35. The van der Waals surface area contributed by atoms with E-state index >= 15 is 0 Å². The van der Waals surface area contributed by atoms with Crippen molar-refractivity contribution < 1.29 is 9.53 Å². The highest BCUT2D eigenvalue weighted by Gasteiger charge is 2.14. The number of nitrogens with zero attached hydrogens (tertiary/aromatic N) is 1. The molecule has 0 bridgehead atoms. The molecule has 0 aliphatic carbocycles. The number of hydrogen-bond acceptors (Lipinski definition) is 5. The Morgan fingerprint density at radius 1 is 1.36 bits per heavy atom. The van der Waals surface area contributed by atoms with E-state index in [2.05, 4.69) is 15.4 Å². The summed E-state index contributed by atoms with van der Waals surface area (Å²) in [5, 5.41) is 14.6. The highest BCUT2D eigenvalue weighted by atomic mass is 16.5. The quantitative estimate of drug-likeness (QED) is 0.372. The van der Waals surface area contributed by atoms with Gasteiger partial charge in [-0.25, -0.2) is 4.79 Å². The Bertz CT molecular complexity index is 258. The van der Waals surface area contributed by atoms with Crippen LogP contribution >= 0.6 is 0 Å². The van der Waals surface area contributed by atoms with Crippen molar-refractivity contribution in [2.24, 2.45) is 0 Å². The van der Waals surface area contributed by atoms with Gasteiger partial charge in [-0.3, -0.25) is 0 Å². The van der Waals surface area contributed by atoms with Gasteiger partial charge in [0.25, 0.3) is 0 Å². The van der Waals surface area contributed by atoms with Gasteiger partial charge in [-0.2, -0.15) is 5.26 Å². The number of carbonyl (C=O) groups is 1. The molecule has 0 radical (unpaired) electrons. The molecular formula is C9H15N3O2. The molecule has 0 unspecified atom stereocenters. The molecule has 14 heavy (non-hydrogen) atoms. The van der Waals surface area contributed by atoms with Gasteiger partial charge >= 0.3 is 5.97 Å². The summed E-state index contributed by atoms with van der Waals surface area (Å²) in [6.45, 7) is 5.02. The van der Waals surface area contributed by atoms with Gasteiger partial charge in [0, 0.05) is 13.1 Å². The summed E-state index contributed by atoms with van der Waals surface area (Å²) in [4.78, 5) is 11.2. The summed E-state index contributed by atoms with van der Waals surface area (Å²) in [6.07, 6.45) is 0. The number of nitrogens with one attached hydrogen (secondary N) is 2. The van der Waals surface area contributed by atoms with Gasteiger partial charge in [0.05, 0.1) is 7.11 Å². The molecule has 2 N–H and O–H groups in total. The van der Waals surface area contributed by atoms with Crippen molar-refractivity contribution in [3.8, 4) is 6.07 Å². The lowest BCUT2D eigenvalue weighted by Gasteiger charge is -2.11. The number of carbonyl (C=O) groups excluding carboxylic acids is 1. The van der Waals surface area contributed by atoms with Gasteiger partial charge < -0.3 is 15.4 Å². The van der Waals surface area contributed by atoms with Crippen LogP contribution in [0.2, 0.25) is 0 Å². The predicted molar refractivity (Wildman–Crippen MR) is 52.0 cm³/mol. The van der Waals surface area contributed by atoms with Crippen LogP contribution in [-0.2, 0) is 9.53 Å². The Morgan fingerprint density at radius 3 is 2.14 bits per heavy atom. The summed E-state index contributed by atoms with van der Waals surface area (Å²) < 4.78 is 4.48. The molecule has 0 aromatic carbocycles. The summed E-state index contributed by atoms with van der Waals surface area (Å²) in [6, 6.07) is 1.80. The largest absolute Gasteiger partial charge is 0.465 e. The molecule has 0 aromatic rings. The van der Waals surface area contributed by atoms with Gasteiger partial charge in [-0.1, -0.05) is 0 Å². The van der Waals surface area contributed by atoms with E-state index in [-0.39, 0.29) is 5.57 Å². The first-order chi connectivity index (χ1) is 6.71. The van der Waals surface area contributed by atoms with E-state index in [1.165, 1.54) is 7.11 Å². The van der Waals surface area contributed by atoms with Gasteiger partial charge in [0.15, 0.2) is 5.57 Å². The molecule has 0 saturated carbocycles. The fraction of sp³-hybridized carbons (Fsp3) is 0.556. The molecule has 5 nitrogen and oxygen atoms in total. The molecule has 0 amide bonds. The molecule has 0 heterocycles. The van der Waals surface area contributed by atoms with Crippen LogP contribution in [0.4, 0.5) is 0 Å². The lowest BCUT2D eigenvalue weighted by molar-refractivity contribution is -0.135. The van der Waals surface area contributed by atoms with E-state index < -0.39 is 5.97 Å².